The lowest BCUT2D eigenvalue weighted by Gasteiger charge is -2.18. The van der Waals surface area contributed by atoms with Crippen LogP contribution in [0.15, 0.2) is 24.3 Å². The molecule has 0 amide bonds. The van der Waals surface area contributed by atoms with Gasteiger partial charge in [0.05, 0.1) is 0 Å². The lowest BCUT2D eigenvalue weighted by Crippen LogP contribution is -2.34. The summed E-state index contributed by atoms with van der Waals surface area (Å²) in [6, 6.07) is 9.00. The molecule has 1 atom stereocenters. The molecule has 15 heavy (non-hydrogen) atoms. The van der Waals surface area contributed by atoms with Gasteiger partial charge in [0.15, 0.2) is 0 Å². The van der Waals surface area contributed by atoms with Crippen LogP contribution in [0.25, 0.3) is 0 Å². The SMILES string of the molecule is Cc1ccc(CCN(C)CC(C)N)cc1. The minimum absolute atomic E-state index is 0.257. The lowest BCUT2D eigenvalue weighted by atomic mass is 10.1. The highest BCUT2D eigenvalue weighted by Gasteiger charge is 2.01. The summed E-state index contributed by atoms with van der Waals surface area (Å²) in [7, 11) is 2.12. The molecule has 1 unspecified atom stereocenters. The van der Waals surface area contributed by atoms with Crippen LogP contribution in [0.2, 0.25) is 0 Å². The van der Waals surface area contributed by atoms with Crippen LogP contribution in [-0.2, 0) is 6.42 Å². The number of rotatable bonds is 5. The van der Waals surface area contributed by atoms with E-state index >= 15 is 0 Å². The average Bonchev–Trinajstić information content (AvgIpc) is 2.16. The lowest BCUT2D eigenvalue weighted by molar-refractivity contribution is 0.321. The van der Waals surface area contributed by atoms with Gasteiger partial charge in [-0.2, -0.15) is 0 Å². The molecule has 2 heteroatoms. The standard InChI is InChI=1S/C13H22N2/c1-11-4-6-13(7-5-11)8-9-15(3)10-12(2)14/h4-7,12H,8-10,14H2,1-3H3. The van der Waals surface area contributed by atoms with Crippen molar-refractivity contribution >= 4 is 0 Å². The second-order valence-electron chi connectivity index (χ2n) is 4.48. The van der Waals surface area contributed by atoms with E-state index in [0.29, 0.717) is 0 Å². The molecule has 0 spiro atoms. The summed E-state index contributed by atoms with van der Waals surface area (Å²) < 4.78 is 0. The third kappa shape index (κ3) is 4.96. The Bertz CT molecular complexity index is 277. The van der Waals surface area contributed by atoms with Gasteiger partial charge in [-0.1, -0.05) is 29.8 Å². The van der Waals surface area contributed by atoms with E-state index in [2.05, 4.69) is 43.1 Å². The first kappa shape index (κ1) is 12.2. The molecule has 0 fully saturated rings. The Labute approximate surface area is 93.1 Å². The number of hydrogen-bond donors (Lipinski definition) is 1. The van der Waals surface area contributed by atoms with Crippen molar-refractivity contribution < 1.29 is 0 Å². The van der Waals surface area contributed by atoms with Crippen LogP contribution >= 0.6 is 0 Å². The Kier molecular flexibility index (Phi) is 4.79. The van der Waals surface area contributed by atoms with Gasteiger partial charge in [-0.3, -0.25) is 0 Å². The van der Waals surface area contributed by atoms with E-state index in [1.807, 2.05) is 6.92 Å². The summed E-state index contributed by atoms with van der Waals surface area (Å²) in [5.41, 5.74) is 8.46. The van der Waals surface area contributed by atoms with Crippen LogP contribution in [-0.4, -0.2) is 31.1 Å². The van der Waals surface area contributed by atoms with Gasteiger partial charge >= 0.3 is 0 Å². The summed E-state index contributed by atoms with van der Waals surface area (Å²) in [6.07, 6.45) is 1.10. The van der Waals surface area contributed by atoms with Crippen molar-refractivity contribution in [2.75, 3.05) is 20.1 Å². The molecule has 0 bridgehead atoms. The van der Waals surface area contributed by atoms with Crippen molar-refractivity contribution in [3.8, 4) is 0 Å². The first-order chi connectivity index (χ1) is 7.08. The van der Waals surface area contributed by atoms with Crippen LogP contribution in [0.5, 0.6) is 0 Å². The second-order valence-corrected chi connectivity index (χ2v) is 4.48. The number of aryl methyl sites for hydroxylation is 1. The normalized spacial score (nSPS) is 13.1. The summed E-state index contributed by atoms with van der Waals surface area (Å²) in [5.74, 6) is 0. The molecule has 0 aliphatic rings. The van der Waals surface area contributed by atoms with E-state index < -0.39 is 0 Å². The van der Waals surface area contributed by atoms with Crippen LogP contribution in [0.4, 0.5) is 0 Å². The van der Waals surface area contributed by atoms with E-state index in [0.717, 1.165) is 19.5 Å². The zero-order valence-electron chi connectivity index (χ0n) is 10.0. The molecular formula is C13H22N2. The maximum Gasteiger partial charge on any atom is 0.0139 e. The molecule has 84 valence electrons. The number of hydrogen-bond acceptors (Lipinski definition) is 2. The number of nitrogens with two attached hydrogens (primary N) is 1. The second kappa shape index (κ2) is 5.89. The molecule has 0 heterocycles. The average molecular weight is 206 g/mol. The molecule has 0 aromatic heterocycles. The molecule has 1 aromatic rings. The van der Waals surface area contributed by atoms with Crippen molar-refractivity contribution in [2.24, 2.45) is 5.73 Å². The molecule has 1 aromatic carbocycles. The molecule has 0 aliphatic carbocycles. The predicted octanol–water partition coefficient (Wildman–Crippen LogP) is 1.82. The number of benzene rings is 1. The van der Waals surface area contributed by atoms with Gasteiger partial charge in [0.1, 0.15) is 0 Å². The Morgan fingerprint density at radius 1 is 1.27 bits per heavy atom. The third-order valence-corrected chi connectivity index (χ3v) is 2.50. The molecule has 0 saturated heterocycles. The number of likely N-dealkylation sites (N-methyl/N-ethyl adjacent to an activating group) is 1. The predicted molar refractivity (Wildman–Crippen MR) is 66.0 cm³/mol. The fourth-order valence-electron chi connectivity index (χ4n) is 1.66. The Morgan fingerprint density at radius 2 is 1.87 bits per heavy atom. The molecule has 0 radical (unpaired) electrons. The Balaban J connectivity index is 2.33. The molecule has 2 nitrogen and oxygen atoms in total. The summed E-state index contributed by atoms with van der Waals surface area (Å²) >= 11 is 0. The monoisotopic (exact) mass is 206 g/mol. The van der Waals surface area contributed by atoms with Gasteiger partial charge in [-0.05, 0) is 32.9 Å². The van der Waals surface area contributed by atoms with Crippen molar-refractivity contribution in [2.45, 2.75) is 26.3 Å². The smallest absolute Gasteiger partial charge is 0.0139 e. The molecular weight excluding hydrogens is 184 g/mol. The maximum atomic E-state index is 5.74. The van der Waals surface area contributed by atoms with Gasteiger partial charge in [0.2, 0.25) is 0 Å². The minimum atomic E-state index is 0.257. The van der Waals surface area contributed by atoms with Crippen molar-refractivity contribution in [3.05, 3.63) is 35.4 Å². The van der Waals surface area contributed by atoms with Crippen molar-refractivity contribution in [1.29, 1.82) is 0 Å². The van der Waals surface area contributed by atoms with E-state index in [1.54, 1.807) is 0 Å². The van der Waals surface area contributed by atoms with E-state index in [1.165, 1.54) is 11.1 Å². The first-order valence-electron chi connectivity index (χ1n) is 5.57. The summed E-state index contributed by atoms with van der Waals surface area (Å²) in [6.45, 7) is 6.20. The van der Waals surface area contributed by atoms with Gasteiger partial charge in [-0.15, -0.1) is 0 Å². The first-order valence-corrected chi connectivity index (χ1v) is 5.57. The maximum absolute atomic E-state index is 5.74. The molecule has 0 saturated carbocycles. The van der Waals surface area contributed by atoms with E-state index in [-0.39, 0.29) is 6.04 Å². The highest BCUT2D eigenvalue weighted by atomic mass is 15.1. The minimum Gasteiger partial charge on any atom is -0.327 e. The highest BCUT2D eigenvalue weighted by Crippen LogP contribution is 2.04. The van der Waals surface area contributed by atoms with Crippen molar-refractivity contribution in [3.63, 3.8) is 0 Å². The Hall–Kier alpha value is -0.860. The largest absolute Gasteiger partial charge is 0.327 e. The van der Waals surface area contributed by atoms with Crippen molar-refractivity contribution in [1.82, 2.24) is 4.90 Å². The fourth-order valence-corrected chi connectivity index (χ4v) is 1.66. The summed E-state index contributed by atoms with van der Waals surface area (Å²) in [5, 5.41) is 0. The van der Waals surface area contributed by atoms with Gasteiger partial charge < -0.3 is 10.6 Å². The van der Waals surface area contributed by atoms with Crippen LogP contribution < -0.4 is 5.73 Å². The zero-order chi connectivity index (χ0) is 11.3. The zero-order valence-corrected chi connectivity index (χ0v) is 10.0. The van der Waals surface area contributed by atoms with Gasteiger partial charge in [-0.25, -0.2) is 0 Å². The van der Waals surface area contributed by atoms with Crippen LogP contribution in [0, 0.1) is 6.92 Å². The highest BCUT2D eigenvalue weighted by molar-refractivity contribution is 5.21. The van der Waals surface area contributed by atoms with Crippen LogP contribution in [0.3, 0.4) is 0 Å². The van der Waals surface area contributed by atoms with Crippen LogP contribution in [0.1, 0.15) is 18.1 Å². The van der Waals surface area contributed by atoms with Gasteiger partial charge in [0.25, 0.3) is 0 Å². The summed E-state index contributed by atoms with van der Waals surface area (Å²) in [4.78, 5) is 2.28. The Morgan fingerprint density at radius 3 is 2.40 bits per heavy atom. The molecule has 0 aliphatic heterocycles. The molecule has 2 N–H and O–H groups in total. The quantitative estimate of drug-likeness (QED) is 0.796. The van der Waals surface area contributed by atoms with E-state index in [9.17, 15) is 0 Å². The number of nitrogens with zero attached hydrogens (tertiary/aromatic N) is 1. The molecule has 1 rings (SSSR count). The van der Waals surface area contributed by atoms with E-state index in [4.69, 9.17) is 5.73 Å². The van der Waals surface area contributed by atoms with Gasteiger partial charge in [0, 0.05) is 19.1 Å². The third-order valence-electron chi connectivity index (χ3n) is 2.50. The fraction of sp³-hybridized carbons (Fsp3) is 0.538. The topological polar surface area (TPSA) is 29.3 Å².